The van der Waals surface area contributed by atoms with E-state index in [4.69, 9.17) is 4.52 Å². The number of para-hydroxylation sites is 1. The number of thioether (sulfide) groups is 1. The zero-order chi connectivity index (χ0) is 19.4. The molecule has 1 atom stereocenters. The third-order valence-corrected chi connectivity index (χ3v) is 5.99. The molecule has 0 saturated heterocycles. The maximum absolute atomic E-state index is 12.4. The van der Waals surface area contributed by atoms with Crippen molar-refractivity contribution in [2.24, 2.45) is 0 Å². The number of hydrogen-bond acceptors (Lipinski definition) is 7. The van der Waals surface area contributed by atoms with Crippen LogP contribution in [0.3, 0.4) is 0 Å². The summed E-state index contributed by atoms with van der Waals surface area (Å²) in [5.74, 6) is 0.959. The van der Waals surface area contributed by atoms with Crippen molar-refractivity contribution in [1.82, 2.24) is 15.0 Å². The monoisotopic (exact) mass is 404 g/mol. The van der Waals surface area contributed by atoms with Crippen molar-refractivity contribution in [2.45, 2.75) is 25.6 Å². The van der Waals surface area contributed by atoms with Crippen LogP contribution < -0.4 is 5.32 Å². The number of rotatable bonds is 7. The summed E-state index contributed by atoms with van der Waals surface area (Å²) in [5, 5.41) is 6.91. The number of amides is 2. The van der Waals surface area contributed by atoms with Crippen molar-refractivity contribution in [3.05, 3.63) is 41.1 Å². The fraction of sp³-hybridized carbons (Fsp3) is 0.333. The van der Waals surface area contributed by atoms with Crippen molar-refractivity contribution < 1.29 is 14.1 Å². The minimum Gasteiger partial charge on any atom is -0.360 e. The number of benzene rings is 1. The predicted molar refractivity (Wildman–Crippen MR) is 108 cm³/mol. The molecule has 0 spiro atoms. The van der Waals surface area contributed by atoms with Crippen molar-refractivity contribution in [3.63, 3.8) is 0 Å². The fourth-order valence-corrected chi connectivity index (χ4v) is 4.16. The van der Waals surface area contributed by atoms with Crippen molar-refractivity contribution in [1.29, 1.82) is 0 Å². The van der Waals surface area contributed by atoms with Gasteiger partial charge in [0, 0.05) is 13.1 Å². The fourth-order valence-electron chi connectivity index (χ4n) is 2.31. The first kappa shape index (κ1) is 19.4. The second-order valence-electron chi connectivity index (χ2n) is 6.09. The number of aromatic nitrogens is 2. The predicted octanol–water partition coefficient (Wildman–Crippen LogP) is 3.31. The van der Waals surface area contributed by atoms with Crippen LogP contribution in [0.1, 0.15) is 17.7 Å². The van der Waals surface area contributed by atoms with Crippen molar-refractivity contribution in [3.8, 4) is 0 Å². The first-order chi connectivity index (χ1) is 12.9. The first-order valence-corrected chi connectivity index (χ1v) is 10.2. The molecule has 0 aliphatic heterocycles. The molecule has 0 saturated carbocycles. The Morgan fingerprint density at radius 1 is 1.37 bits per heavy atom. The molecule has 9 heteroatoms. The molecule has 2 amide bonds. The highest BCUT2D eigenvalue weighted by atomic mass is 32.2. The van der Waals surface area contributed by atoms with Gasteiger partial charge in [0.1, 0.15) is 10.8 Å². The zero-order valence-corrected chi connectivity index (χ0v) is 16.9. The van der Waals surface area contributed by atoms with E-state index < -0.39 is 0 Å². The van der Waals surface area contributed by atoms with E-state index in [0.717, 1.165) is 15.2 Å². The maximum Gasteiger partial charge on any atom is 0.238 e. The summed E-state index contributed by atoms with van der Waals surface area (Å²) < 4.78 is 6.02. The molecular formula is C18H20N4O3S2. The average molecular weight is 405 g/mol. The van der Waals surface area contributed by atoms with E-state index in [9.17, 15) is 9.59 Å². The molecule has 3 aromatic rings. The Morgan fingerprint density at radius 3 is 2.85 bits per heavy atom. The molecule has 142 valence electrons. The van der Waals surface area contributed by atoms with Crippen molar-refractivity contribution >= 4 is 50.9 Å². The van der Waals surface area contributed by atoms with E-state index >= 15 is 0 Å². The zero-order valence-electron chi connectivity index (χ0n) is 15.3. The quantitative estimate of drug-likeness (QED) is 0.650. The van der Waals surface area contributed by atoms with E-state index in [0.29, 0.717) is 18.1 Å². The SMILES string of the molecule is Cc1cc(NC(=O)[C@H](C)SCC(=O)N(C)Cc2nc3ccccc3s2)no1. The van der Waals surface area contributed by atoms with E-state index in [2.05, 4.69) is 15.5 Å². The van der Waals surface area contributed by atoms with Gasteiger partial charge in [0.05, 0.1) is 27.8 Å². The Balaban J connectivity index is 1.48. The Labute approximate surface area is 165 Å². The van der Waals surface area contributed by atoms with Gasteiger partial charge in [-0.15, -0.1) is 23.1 Å². The van der Waals surface area contributed by atoms with Gasteiger partial charge in [0.15, 0.2) is 5.82 Å². The topological polar surface area (TPSA) is 88.3 Å². The minimum atomic E-state index is -0.387. The number of thiazole rings is 1. The van der Waals surface area contributed by atoms with Crippen LogP contribution in [0, 0.1) is 6.92 Å². The summed E-state index contributed by atoms with van der Waals surface area (Å²) in [6, 6.07) is 9.55. The minimum absolute atomic E-state index is 0.0452. The van der Waals surface area contributed by atoms with Crippen LogP contribution in [0.15, 0.2) is 34.9 Å². The highest BCUT2D eigenvalue weighted by molar-refractivity contribution is 8.01. The van der Waals surface area contributed by atoms with Gasteiger partial charge in [-0.25, -0.2) is 4.98 Å². The molecule has 2 heterocycles. The number of nitrogens with zero attached hydrogens (tertiary/aromatic N) is 3. The summed E-state index contributed by atoms with van der Waals surface area (Å²) >= 11 is 2.87. The van der Waals surface area contributed by atoms with Gasteiger partial charge >= 0.3 is 0 Å². The first-order valence-electron chi connectivity index (χ1n) is 8.36. The lowest BCUT2D eigenvalue weighted by atomic mass is 10.3. The third-order valence-electron chi connectivity index (χ3n) is 3.84. The molecule has 3 rings (SSSR count). The van der Waals surface area contributed by atoms with Gasteiger partial charge in [-0.05, 0) is 26.0 Å². The van der Waals surface area contributed by atoms with Gasteiger partial charge in [-0.3, -0.25) is 9.59 Å². The number of carbonyl (C=O) groups excluding carboxylic acids is 2. The molecule has 2 aromatic heterocycles. The number of nitrogens with one attached hydrogen (secondary N) is 1. The van der Waals surface area contributed by atoms with Crippen LogP contribution >= 0.6 is 23.1 Å². The average Bonchev–Trinajstić information content (AvgIpc) is 3.24. The third kappa shape index (κ3) is 5.08. The Hall–Kier alpha value is -2.39. The number of hydrogen-bond donors (Lipinski definition) is 1. The molecule has 0 bridgehead atoms. The summed E-state index contributed by atoms with van der Waals surface area (Å²) in [5.41, 5.74) is 0.945. The van der Waals surface area contributed by atoms with E-state index in [1.807, 2.05) is 24.3 Å². The second kappa shape index (κ2) is 8.53. The van der Waals surface area contributed by atoms with Gasteiger partial charge in [-0.2, -0.15) is 0 Å². The molecule has 0 aliphatic carbocycles. The van der Waals surface area contributed by atoms with Gasteiger partial charge in [-0.1, -0.05) is 17.3 Å². The number of carbonyl (C=O) groups is 2. The normalized spacial score (nSPS) is 12.1. The summed E-state index contributed by atoms with van der Waals surface area (Å²) in [7, 11) is 1.75. The lowest BCUT2D eigenvalue weighted by Crippen LogP contribution is -2.30. The molecule has 0 fully saturated rings. The molecule has 0 radical (unpaired) electrons. The van der Waals surface area contributed by atoms with Crippen LogP contribution in [-0.4, -0.2) is 44.9 Å². The number of aryl methyl sites for hydroxylation is 1. The maximum atomic E-state index is 12.4. The van der Waals surface area contributed by atoms with Crippen LogP contribution in [0.5, 0.6) is 0 Å². The molecule has 0 aliphatic rings. The summed E-state index contributed by atoms with van der Waals surface area (Å²) in [4.78, 5) is 30.7. The lowest BCUT2D eigenvalue weighted by molar-refractivity contribution is -0.127. The molecule has 7 nitrogen and oxygen atoms in total. The van der Waals surface area contributed by atoms with E-state index in [-0.39, 0.29) is 22.8 Å². The largest absolute Gasteiger partial charge is 0.360 e. The van der Waals surface area contributed by atoms with Crippen molar-refractivity contribution in [2.75, 3.05) is 18.1 Å². The molecule has 0 unspecified atom stereocenters. The van der Waals surface area contributed by atoms with Gasteiger partial charge in [0.25, 0.3) is 0 Å². The van der Waals surface area contributed by atoms with Crippen LogP contribution in [0.2, 0.25) is 0 Å². The number of fused-ring (bicyclic) bond motifs is 1. The van der Waals surface area contributed by atoms with Crippen LogP contribution in [-0.2, 0) is 16.1 Å². The molecular weight excluding hydrogens is 384 g/mol. The Kier molecular flexibility index (Phi) is 6.12. The highest BCUT2D eigenvalue weighted by Crippen LogP contribution is 2.23. The van der Waals surface area contributed by atoms with E-state index in [1.165, 1.54) is 11.8 Å². The smallest absolute Gasteiger partial charge is 0.238 e. The summed E-state index contributed by atoms with van der Waals surface area (Å²) in [6.45, 7) is 3.96. The Bertz CT molecular complexity index is 920. The number of anilines is 1. The summed E-state index contributed by atoms with van der Waals surface area (Å²) in [6.07, 6.45) is 0. The van der Waals surface area contributed by atoms with Crippen LogP contribution in [0.4, 0.5) is 5.82 Å². The standard InChI is InChI=1S/C18H20N4O3S2/c1-11-8-15(21-25-11)20-18(24)12(2)26-10-17(23)22(3)9-16-19-13-6-4-5-7-14(13)27-16/h4-8,12H,9-10H2,1-3H3,(H,20,21,24)/t12-/m0/s1. The highest BCUT2D eigenvalue weighted by Gasteiger charge is 2.19. The van der Waals surface area contributed by atoms with E-state index in [1.54, 1.807) is 43.2 Å². The lowest BCUT2D eigenvalue weighted by Gasteiger charge is -2.17. The molecule has 27 heavy (non-hydrogen) atoms. The Morgan fingerprint density at radius 2 is 2.15 bits per heavy atom. The van der Waals surface area contributed by atoms with Crippen LogP contribution in [0.25, 0.3) is 10.2 Å². The van der Waals surface area contributed by atoms with Gasteiger partial charge in [0.2, 0.25) is 11.8 Å². The molecule has 1 N–H and O–H groups in total. The second-order valence-corrected chi connectivity index (χ2v) is 8.53. The molecule has 1 aromatic carbocycles. The van der Waals surface area contributed by atoms with Gasteiger partial charge < -0.3 is 14.7 Å².